The second-order valence-corrected chi connectivity index (χ2v) is 4.67. The van der Waals surface area contributed by atoms with E-state index in [0.29, 0.717) is 31.4 Å². The van der Waals surface area contributed by atoms with Gasteiger partial charge in [-0.2, -0.15) is 0 Å². The fourth-order valence-electron chi connectivity index (χ4n) is 2.24. The van der Waals surface area contributed by atoms with Crippen LogP contribution in [0.3, 0.4) is 0 Å². The number of hydrogen-bond acceptors (Lipinski definition) is 8. The predicted molar refractivity (Wildman–Crippen MR) is 76.2 cm³/mol. The Labute approximate surface area is 122 Å². The van der Waals surface area contributed by atoms with Gasteiger partial charge in [-0.25, -0.2) is 15.8 Å². The molecule has 2 aromatic rings. The summed E-state index contributed by atoms with van der Waals surface area (Å²) in [5, 5.41) is 8.03. The Hall–Kier alpha value is -2.26. The number of ether oxygens (including phenoxy) is 1. The van der Waals surface area contributed by atoms with E-state index in [0.717, 1.165) is 24.7 Å². The Morgan fingerprint density at radius 3 is 3.10 bits per heavy atom. The van der Waals surface area contributed by atoms with Crippen molar-refractivity contribution in [2.24, 2.45) is 5.84 Å². The van der Waals surface area contributed by atoms with Gasteiger partial charge in [-0.05, 0) is 6.92 Å². The molecular formula is C12H18N8O. The fraction of sp³-hybridized carbons (Fsp3) is 0.500. The van der Waals surface area contributed by atoms with Crippen LogP contribution >= 0.6 is 0 Å². The van der Waals surface area contributed by atoms with Gasteiger partial charge in [0.05, 0.1) is 6.54 Å². The molecule has 9 nitrogen and oxygen atoms in total. The lowest BCUT2D eigenvalue weighted by molar-refractivity contribution is 0.128. The Bertz CT molecular complexity index is 613. The lowest BCUT2D eigenvalue weighted by Gasteiger charge is -2.28. The zero-order chi connectivity index (χ0) is 14.7. The summed E-state index contributed by atoms with van der Waals surface area (Å²) >= 11 is 0. The van der Waals surface area contributed by atoms with E-state index in [-0.39, 0.29) is 0 Å². The minimum absolute atomic E-state index is 0.364. The van der Waals surface area contributed by atoms with Crippen LogP contribution in [0.25, 0.3) is 0 Å². The van der Waals surface area contributed by atoms with Crippen molar-refractivity contribution in [3.63, 3.8) is 0 Å². The molecular weight excluding hydrogens is 272 g/mol. The molecule has 3 N–H and O–H groups in total. The van der Waals surface area contributed by atoms with Crippen LogP contribution in [0.2, 0.25) is 0 Å². The fourth-order valence-corrected chi connectivity index (χ4v) is 2.24. The first-order valence-electron chi connectivity index (χ1n) is 6.84. The monoisotopic (exact) mass is 290 g/mol. The first-order chi connectivity index (χ1) is 10.3. The molecule has 3 heterocycles. The van der Waals surface area contributed by atoms with E-state index < -0.39 is 0 Å². The van der Waals surface area contributed by atoms with Crippen LogP contribution < -0.4 is 16.2 Å². The highest BCUT2D eigenvalue weighted by molar-refractivity contribution is 5.49. The first kappa shape index (κ1) is 13.7. The summed E-state index contributed by atoms with van der Waals surface area (Å²) in [7, 11) is 0. The van der Waals surface area contributed by atoms with Crippen LogP contribution in [0.15, 0.2) is 12.4 Å². The van der Waals surface area contributed by atoms with Gasteiger partial charge in [0.1, 0.15) is 24.6 Å². The lowest BCUT2D eigenvalue weighted by atomic mass is 10.3. The topological polar surface area (TPSA) is 107 Å². The molecule has 9 heteroatoms. The van der Waals surface area contributed by atoms with Gasteiger partial charge in [0.2, 0.25) is 0 Å². The van der Waals surface area contributed by atoms with E-state index >= 15 is 0 Å². The molecule has 21 heavy (non-hydrogen) atoms. The largest absolute Gasteiger partial charge is 0.374 e. The normalized spacial score (nSPS) is 14.1. The third-order valence-corrected chi connectivity index (χ3v) is 3.30. The molecule has 0 atom stereocenters. The number of nitrogens with one attached hydrogen (secondary N) is 1. The van der Waals surface area contributed by atoms with Crippen molar-refractivity contribution < 1.29 is 4.74 Å². The number of rotatable bonds is 5. The number of hydrogen-bond donors (Lipinski definition) is 2. The van der Waals surface area contributed by atoms with Crippen molar-refractivity contribution in [1.82, 2.24) is 24.7 Å². The summed E-state index contributed by atoms with van der Waals surface area (Å²) in [4.78, 5) is 11.0. The highest BCUT2D eigenvalue weighted by Crippen LogP contribution is 2.20. The van der Waals surface area contributed by atoms with Gasteiger partial charge < -0.3 is 19.6 Å². The maximum Gasteiger partial charge on any atom is 0.158 e. The summed E-state index contributed by atoms with van der Waals surface area (Å²) in [5.41, 5.74) is 2.57. The van der Waals surface area contributed by atoms with Crippen molar-refractivity contribution in [2.75, 3.05) is 23.5 Å². The van der Waals surface area contributed by atoms with E-state index in [1.165, 1.54) is 0 Å². The number of aromatic nitrogens is 5. The number of nitrogens with zero attached hydrogens (tertiary/aromatic N) is 6. The van der Waals surface area contributed by atoms with Gasteiger partial charge in [-0.1, -0.05) is 0 Å². The van der Waals surface area contributed by atoms with Crippen molar-refractivity contribution in [2.45, 2.75) is 26.6 Å². The standard InChI is InChI=1S/C12H18N8O/c1-2-21-7-10-15-9(17-13)5-11(16-10)19-3-4-20-8-14-18-12(20)6-19/h5,8H,2-4,6-7,13H2,1H3,(H,15,16,17). The number of anilines is 2. The minimum Gasteiger partial charge on any atom is -0.374 e. The van der Waals surface area contributed by atoms with Gasteiger partial charge in [0.25, 0.3) is 0 Å². The summed E-state index contributed by atoms with van der Waals surface area (Å²) in [6.07, 6.45) is 1.75. The highest BCUT2D eigenvalue weighted by Gasteiger charge is 2.19. The van der Waals surface area contributed by atoms with Gasteiger partial charge in [0.15, 0.2) is 11.6 Å². The van der Waals surface area contributed by atoms with Crippen LogP contribution in [0.5, 0.6) is 0 Å². The van der Waals surface area contributed by atoms with E-state index in [9.17, 15) is 0 Å². The molecule has 0 aliphatic carbocycles. The second kappa shape index (κ2) is 6.02. The zero-order valence-electron chi connectivity index (χ0n) is 11.9. The maximum absolute atomic E-state index is 5.48. The smallest absolute Gasteiger partial charge is 0.158 e. The molecule has 3 rings (SSSR count). The van der Waals surface area contributed by atoms with Crippen LogP contribution in [0.1, 0.15) is 18.6 Å². The Morgan fingerprint density at radius 2 is 2.29 bits per heavy atom. The molecule has 0 fully saturated rings. The molecule has 0 bridgehead atoms. The molecule has 0 aromatic carbocycles. The molecule has 0 spiro atoms. The molecule has 1 aliphatic heterocycles. The lowest BCUT2D eigenvalue weighted by Crippen LogP contribution is -2.34. The number of hydrazine groups is 1. The quantitative estimate of drug-likeness (QED) is 0.581. The third-order valence-electron chi connectivity index (χ3n) is 3.30. The molecule has 0 radical (unpaired) electrons. The van der Waals surface area contributed by atoms with Gasteiger partial charge >= 0.3 is 0 Å². The molecule has 112 valence electrons. The highest BCUT2D eigenvalue weighted by atomic mass is 16.5. The Balaban J connectivity index is 1.84. The average molecular weight is 290 g/mol. The van der Waals surface area contributed by atoms with Crippen LogP contribution in [0, 0.1) is 0 Å². The van der Waals surface area contributed by atoms with Gasteiger partial charge in [-0.15, -0.1) is 10.2 Å². The van der Waals surface area contributed by atoms with Crippen LogP contribution in [0.4, 0.5) is 11.6 Å². The van der Waals surface area contributed by atoms with E-state index in [4.69, 9.17) is 10.6 Å². The third kappa shape index (κ3) is 2.93. The van der Waals surface area contributed by atoms with Gasteiger partial charge in [-0.3, -0.25) is 0 Å². The number of nitrogen functional groups attached to an aromatic ring is 1. The molecule has 2 aromatic heterocycles. The van der Waals surface area contributed by atoms with Crippen LogP contribution in [-0.4, -0.2) is 37.9 Å². The van der Waals surface area contributed by atoms with Crippen molar-refractivity contribution in [3.05, 3.63) is 24.0 Å². The number of fused-ring (bicyclic) bond motifs is 1. The molecule has 1 aliphatic rings. The molecule has 0 amide bonds. The summed E-state index contributed by atoms with van der Waals surface area (Å²) in [5.74, 6) is 8.39. The summed E-state index contributed by atoms with van der Waals surface area (Å²) in [6.45, 7) is 5.24. The van der Waals surface area contributed by atoms with Gasteiger partial charge in [0, 0.05) is 25.8 Å². The van der Waals surface area contributed by atoms with Crippen LogP contribution in [-0.2, 0) is 24.4 Å². The summed E-state index contributed by atoms with van der Waals surface area (Å²) in [6, 6.07) is 1.82. The maximum atomic E-state index is 5.48. The van der Waals surface area contributed by atoms with E-state index in [1.807, 2.05) is 17.6 Å². The average Bonchev–Trinajstić information content (AvgIpc) is 3.00. The molecule has 0 saturated carbocycles. The SMILES string of the molecule is CCOCc1nc(NN)cc(N2CCn3cnnc3C2)n1. The van der Waals surface area contributed by atoms with Crippen molar-refractivity contribution in [1.29, 1.82) is 0 Å². The first-order valence-corrected chi connectivity index (χ1v) is 6.84. The van der Waals surface area contributed by atoms with Crippen molar-refractivity contribution >= 4 is 11.6 Å². The number of nitrogens with two attached hydrogens (primary N) is 1. The van der Waals surface area contributed by atoms with E-state index in [2.05, 4.69) is 30.5 Å². The predicted octanol–water partition coefficient (Wildman–Crippen LogP) is -0.0896. The minimum atomic E-state index is 0.364. The second-order valence-electron chi connectivity index (χ2n) is 4.67. The molecule has 0 saturated heterocycles. The zero-order valence-corrected chi connectivity index (χ0v) is 11.9. The summed E-state index contributed by atoms with van der Waals surface area (Å²) < 4.78 is 7.41. The Kier molecular flexibility index (Phi) is 3.93. The van der Waals surface area contributed by atoms with Crippen molar-refractivity contribution in [3.8, 4) is 0 Å². The van der Waals surface area contributed by atoms with E-state index in [1.54, 1.807) is 6.33 Å². The Morgan fingerprint density at radius 1 is 1.38 bits per heavy atom. The molecule has 0 unspecified atom stereocenters.